The SMILES string of the molecule is CN(C)CCCN1C(=O)C2CC3=C(CC2C1=O)C(C)(C)CCC3. The van der Waals surface area contributed by atoms with Crippen LogP contribution in [0.5, 0.6) is 0 Å². The molecule has 2 atom stereocenters. The van der Waals surface area contributed by atoms with Crippen molar-refractivity contribution < 1.29 is 9.59 Å². The summed E-state index contributed by atoms with van der Waals surface area (Å²) in [7, 11) is 4.04. The fraction of sp³-hybridized carbons (Fsp3) is 0.789. The number of nitrogens with zero attached hydrogens (tertiary/aromatic N) is 2. The molecule has 3 rings (SSSR count). The van der Waals surface area contributed by atoms with Crippen molar-refractivity contribution in [3.8, 4) is 0 Å². The molecular formula is C19H30N2O2. The molecule has 2 unspecified atom stereocenters. The summed E-state index contributed by atoms with van der Waals surface area (Å²) in [5, 5.41) is 0. The smallest absolute Gasteiger partial charge is 0.233 e. The summed E-state index contributed by atoms with van der Waals surface area (Å²) in [5.74, 6) is 0.0212. The number of carbonyl (C=O) groups is 2. The fourth-order valence-corrected chi connectivity index (χ4v) is 4.73. The van der Waals surface area contributed by atoms with E-state index in [0.29, 0.717) is 6.54 Å². The van der Waals surface area contributed by atoms with Crippen molar-refractivity contribution in [1.82, 2.24) is 9.80 Å². The second-order valence-electron chi connectivity index (χ2n) is 8.43. The lowest BCUT2D eigenvalue weighted by Crippen LogP contribution is -2.33. The summed E-state index contributed by atoms with van der Waals surface area (Å²) < 4.78 is 0. The van der Waals surface area contributed by atoms with Crippen LogP contribution < -0.4 is 0 Å². The molecule has 3 aliphatic rings. The van der Waals surface area contributed by atoms with Gasteiger partial charge in [-0.25, -0.2) is 0 Å². The molecule has 0 aromatic carbocycles. The summed E-state index contributed by atoms with van der Waals surface area (Å²) in [4.78, 5) is 29.2. The third-order valence-electron chi connectivity index (χ3n) is 6.05. The van der Waals surface area contributed by atoms with Gasteiger partial charge in [0, 0.05) is 6.54 Å². The van der Waals surface area contributed by atoms with E-state index >= 15 is 0 Å². The van der Waals surface area contributed by atoms with E-state index in [1.165, 1.54) is 24.0 Å². The van der Waals surface area contributed by atoms with Crippen LogP contribution in [0.3, 0.4) is 0 Å². The molecular weight excluding hydrogens is 288 g/mol. The van der Waals surface area contributed by atoms with Crippen LogP contribution in [0.25, 0.3) is 0 Å². The molecule has 1 heterocycles. The van der Waals surface area contributed by atoms with Gasteiger partial charge in [0.05, 0.1) is 11.8 Å². The molecule has 0 aromatic rings. The van der Waals surface area contributed by atoms with Gasteiger partial charge in [0.1, 0.15) is 0 Å². The first-order chi connectivity index (χ1) is 10.8. The van der Waals surface area contributed by atoms with Gasteiger partial charge >= 0.3 is 0 Å². The number of carbonyl (C=O) groups excluding carboxylic acids is 2. The Morgan fingerprint density at radius 3 is 2.43 bits per heavy atom. The highest BCUT2D eigenvalue weighted by Crippen LogP contribution is 2.51. The molecule has 23 heavy (non-hydrogen) atoms. The number of fused-ring (bicyclic) bond motifs is 1. The van der Waals surface area contributed by atoms with Crippen molar-refractivity contribution in [2.24, 2.45) is 17.3 Å². The van der Waals surface area contributed by atoms with Crippen LogP contribution in [0, 0.1) is 17.3 Å². The number of amides is 2. The van der Waals surface area contributed by atoms with E-state index in [2.05, 4.69) is 18.7 Å². The summed E-state index contributed by atoms with van der Waals surface area (Å²) in [6.45, 7) is 6.10. The van der Waals surface area contributed by atoms with Crippen molar-refractivity contribution in [2.75, 3.05) is 27.2 Å². The van der Waals surface area contributed by atoms with Crippen molar-refractivity contribution in [1.29, 1.82) is 0 Å². The molecule has 0 saturated carbocycles. The second-order valence-corrected chi connectivity index (χ2v) is 8.43. The van der Waals surface area contributed by atoms with Gasteiger partial charge in [-0.15, -0.1) is 0 Å². The minimum Gasteiger partial charge on any atom is -0.309 e. The van der Waals surface area contributed by atoms with E-state index in [1.807, 2.05) is 14.1 Å². The molecule has 1 saturated heterocycles. The highest BCUT2D eigenvalue weighted by molar-refractivity contribution is 6.05. The van der Waals surface area contributed by atoms with Gasteiger partial charge in [-0.3, -0.25) is 14.5 Å². The maximum atomic E-state index is 12.8. The normalized spacial score (nSPS) is 30.0. The number of hydrogen-bond acceptors (Lipinski definition) is 3. The molecule has 0 bridgehead atoms. The topological polar surface area (TPSA) is 40.6 Å². The zero-order valence-corrected chi connectivity index (χ0v) is 15.0. The Morgan fingerprint density at radius 1 is 1.13 bits per heavy atom. The van der Waals surface area contributed by atoms with Crippen LogP contribution in [-0.4, -0.2) is 48.8 Å². The number of likely N-dealkylation sites (tertiary alicyclic amines) is 1. The average Bonchev–Trinajstić information content (AvgIpc) is 2.70. The van der Waals surface area contributed by atoms with Gasteiger partial charge in [0.15, 0.2) is 0 Å². The average molecular weight is 318 g/mol. The fourth-order valence-electron chi connectivity index (χ4n) is 4.73. The number of allylic oxidation sites excluding steroid dienone is 2. The van der Waals surface area contributed by atoms with E-state index < -0.39 is 0 Å². The van der Waals surface area contributed by atoms with E-state index in [-0.39, 0.29) is 29.1 Å². The predicted molar refractivity (Wildman–Crippen MR) is 90.8 cm³/mol. The Labute approximate surface area is 139 Å². The van der Waals surface area contributed by atoms with E-state index in [0.717, 1.165) is 32.2 Å². The largest absolute Gasteiger partial charge is 0.309 e. The van der Waals surface area contributed by atoms with Gasteiger partial charge < -0.3 is 4.90 Å². The van der Waals surface area contributed by atoms with E-state index in [1.54, 1.807) is 4.90 Å². The number of rotatable bonds is 4. The zero-order chi connectivity index (χ0) is 16.8. The van der Waals surface area contributed by atoms with Gasteiger partial charge in [-0.1, -0.05) is 25.0 Å². The Balaban J connectivity index is 1.75. The van der Waals surface area contributed by atoms with Crippen LogP contribution in [0.15, 0.2) is 11.1 Å². The third kappa shape index (κ3) is 2.98. The van der Waals surface area contributed by atoms with Gasteiger partial charge in [-0.05, 0) is 64.6 Å². The van der Waals surface area contributed by atoms with Crippen molar-refractivity contribution in [3.05, 3.63) is 11.1 Å². The minimum absolute atomic E-state index is 0.0745. The lowest BCUT2D eigenvalue weighted by Gasteiger charge is -2.40. The van der Waals surface area contributed by atoms with Crippen LogP contribution in [-0.2, 0) is 9.59 Å². The maximum absolute atomic E-state index is 12.8. The molecule has 2 amide bonds. The van der Waals surface area contributed by atoms with Crippen LogP contribution in [0.2, 0.25) is 0 Å². The molecule has 1 aliphatic heterocycles. The maximum Gasteiger partial charge on any atom is 0.233 e. The number of imide groups is 1. The van der Waals surface area contributed by atoms with Crippen molar-refractivity contribution >= 4 is 11.8 Å². The van der Waals surface area contributed by atoms with Gasteiger partial charge in [0.2, 0.25) is 11.8 Å². The first-order valence-corrected chi connectivity index (χ1v) is 9.02. The first-order valence-electron chi connectivity index (χ1n) is 9.02. The third-order valence-corrected chi connectivity index (χ3v) is 6.05. The predicted octanol–water partition coefficient (Wildman–Crippen LogP) is 2.84. The molecule has 0 spiro atoms. The quantitative estimate of drug-likeness (QED) is 0.591. The Bertz CT molecular complexity index is 548. The molecule has 4 heteroatoms. The van der Waals surface area contributed by atoms with Gasteiger partial charge in [0.25, 0.3) is 0 Å². The second kappa shape index (κ2) is 6.04. The molecule has 0 N–H and O–H groups in total. The summed E-state index contributed by atoms with van der Waals surface area (Å²) in [5.41, 5.74) is 3.18. The lowest BCUT2D eigenvalue weighted by atomic mass is 9.63. The molecule has 2 aliphatic carbocycles. The molecule has 0 radical (unpaired) electrons. The zero-order valence-electron chi connectivity index (χ0n) is 15.0. The molecule has 128 valence electrons. The minimum atomic E-state index is -0.0852. The van der Waals surface area contributed by atoms with Crippen molar-refractivity contribution in [2.45, 2.75) is 52.4 Å². The molecule has 0 aromatic heterocycles. The standard InChI is InChI=1S/C19H30N2O2/c1-19(2)8-5-7-13-11-14-15(12-16(13)19)18(23)21(17(14)22)10-6-9-20(3)4/h14-15H,5-12H2,1-4H3. The summed E-state index contributed by atoms with van der Waals surface area (Å²) >= 11 is 0. The van der Waals surface area contributed by atoms with Gasteiger partial charge in [-0.2, -0.15) is 0 Å². The monoisotopic (exact) mass is 318 g/mol. The summed E-state index contributed by atoms with van der Waals surface area (Å²) in [6, 6.07) is 0. The lowest BCUT2D eigenvalue weighted by molar-refractivity contribution is -0.140. The van der Waals surface area contributed by atoms with E-state index in [9.17, 15) is 9.59 Å². The van der Waals surface area contributed by atoms with E-state index in [4.69, 9.17) is 0 Å². The van der Waals surface area contributed by atoms with Crippen molar-refractivity contribution in [3.63, 3.8) is 0 Å². The summed E-state index contributed by atoms with van der Waals surface area (Å²) in [6.07, 6.45) is 6.07. The highest BCUT2D eigenvalue weighted by Gasteiger charge is 2.51. The Hall–Kier alpha value is -1.16. The van der Waals surface area contributed by atoms with Crippen LogP contribution >= 0.6 is 0 Å². The highest BCUT2D eigenvalue weighted by atomic mass is 16.2. The number of hydrogen-bond donors (Lipinski definition) is 0. The molecule has 4 nitrogen and oxygen atoms in total. The molecule has 1 fully saturated rings. The first kappa shape index (κ1) is 16.7. The van der Waals surface area contributed by atoms with Crippen LogP contribution in [0.4, 0.5) is 0 Å². The van der Waals surface area contributed by atoms with Crippen LogP contribution in [0.1, 0.15) is 52.4 Å². The Morgan fingerprint density at radius 2 is 1.78 bits per heavy atom. The Kier molecular flexibility index (Phi) is 4.39.